The Bertz CT molecular complexity index is 568. The molecule has 1 amide bonds. The molecule has 7 heteroatoms. The van der Waals surface area contributed by atoms with Gasteiger partial charge in [0, 0.05) is 5.56 Å². The highest BCUT2D eigenvalue weighted by Crippen LogP contribution is 2.48. The molecule has 4 nitrogen and oxygen atoms in total. The van der Waals surface area contributed by atoms with Crippen molar-refractivity contribution in [1.29, 1.82) is 0 Å². The maximum absolute atomic E-state index is 13.3. The van der Waals surface area contributed by atoms with Crippen molar-refractivity contribution in [3.8, 4) is 0 Å². The summed E-state index contributed by atoms with van der Waals surface area (Å²) in [6.45, 7) is 2.33. The third-order valence-electron chi connectivity index (χ3n) is 2.93. The average Bonchev–Trinajstić information content (AvgIpc) is 2.26. The number of carbonyl (C=O) groups is 2. The second-order valence-electron chi connectivity index (χ2n) is 4.30. The highest BCUT2D eigenvalue weighted by molar-refractivity contribution is 5.98. The summed E-state index contributed by atoms with van der Waals surface area (Å²) in [5.41, 5.74) is -3.19. The lowest BCUT2D eigenvalue weighted by molar-refractivity contribution is -0.253. The molecular weight excluding hydrogens is 263 g/mol. The van der Waals surface area contributed by atoms with Gasteiger partial charge < -0.3 is 4.74 Å². The SMILES string of the molecule is CC(=O)[C@]1(C(F)(F)F)OC(=O)Nc2ccc(C)cc21. The molecule has 0 bridgehead atoms. The average molecular weight is 273 g/mol. The Morgan fingerprint density at radius 2 is 2.00 bits per heavy atom. The fourth-order valence-corrected chi connectivity index (χ4v) is 2.06. The number of carbonyl (C=O) groups excluding carboxylic acids is 2. The molecule has 1 aliphatic heterocycles. The minimum Gasteiger partial charge on any atom is -0.420 e. The van der Waals surface area contributed by atoms with Gasteiger partial charge in [0.2, 0.25) is 0 Å². The van der Waals surface area contributed by atoms with E-state index < -0.39 is 29.2 Å². The summed E-state index contributed by atoms with van der Waals surface area (Å²) in [7, 11) is 0. The zero-order valence-corrected chi connectivity index (χ0v) is 10.1. The molecule has 0 radical (unpaired) electrons. The van der Waals surface area contributed by atoms with Crippen molar-refractivity contribution in [2.45, 2.75) is 25.6 Å². The van der Waals surface area contributed by atoms with Crippen molar-refractivity contribution in [3.05, 3.63) is 29.3 Å². The maximum atomic E-state index is 13.3. The fourth-order valence-electron chi connectivity index (χ4n) is 2.06. The fraction of sp³-hybridized carbons (Fsp3) is 0.333. The van der Waals surface area contributed by atoms with Crippen LogP contribution in [-0.4, -0.2) is 18.1 Å². The smallest absolute Gasteiger partial charge is 0.420 e. The van der Waals surface area contributed by atoms with Gasteiger partial charge in [0.1, 0.15) is 0 Å². The van der Waals surface area contributed by atoms with Crippen LogP contribution in [0.25, 0.3) is 0 Å². The lowest BCUT2D eigenvalue weighted by atomic mass is 9.86. The zero-order valence-electron chi connectivity index (χ0n) is 10.1. The Labute approximate surface area is 106 Å². The molecule has 0 fully saturated rings. The van der Waals surface area contributed by atoms with Crippen LogP contribution >= 0.6 is 0 Å². The molecule has 1 heterocycles. The highest BCUT2D eigenvalue weighted by atomic mass is 19.4. The molecule has 0 saturated carbocycles. The Morgan fingerprint density at radius 3 is 2.53 bits per heavy atom. The summed E-state index contributed by atoms with van der Waals surface area (Å²) < 4.78 is 44.3. The highest BCUT2D eigenvalue weighted by Gasteiger charge is 2.65. The van der Waals surface area contributed by atoms with E-state index in [0.717, 1.165) is 6.92 Å². The lowest BCUT2D eigenvalue weighted by Crippen LogP contribution is -2.54. The number of ketones is 1. The number of Topliss-reactive ketones (excluding diaryl/α,β-unsaturated/α-hetero) is 1. The summed E-state index contributed by atoms with van der Waals surface area (Å²) in [6.07, 6.45) is -6.33. The number of rotatable bonds is 1. The van der Waals surface area contributed by atoms with E-state index in [1.165, 1.54) is 18.2 Å². The van der Waals surface area contributed by atoms with Crippen LogP contribution in [0, 0.1) is 6.92 Å². The van der Waals surface area contributed by atoms with E-state index in [1.807, 2.05) is 0 Å². The standard InChI is InChI=1S/C12H10F3NO3/c1-6-3-4-9-8(5-6)11(7(2)17,12(13,14)15)19-10(18)16-9/h3-5H,1-2H3,(H,16,18)/t11-/m0/s1. The number of anilines is 1. The second kappa shape index (κ2) is 3.97. The van der Waals surface area contributed by atoms with Crippen molar-refractivity contribution in [2.24, 2.45) is 0 Å². The van der Waals surface area contributed by atoms with Gasteiger partial charge in [-0.05, 0) is 26.0 Å². The first kappa shape index (κ1) is 13.4. The first-order valence-corrected chi connectivity index (χ1v) is 5.37. The normalized spacial score (nSPS) is 22.3. The Kier molecular flexibility index (Phi) is 2.80. The summed E-state index contributed by atoms with van der Waals surface area (Å²) in [6, 6.07) is 4.03. The summed E-state index contributed by atoms with van der Waals surface area (Å²) >= 11 is 0. The zero-order chi connectivity index (χ0) is 14.4. The van der Waals surface area contributed by atoms with Crippen LogP contribution in [0.1, 0.15) is 18.1 Å². The second-order valence-corrected chi connectivity index (χ2v) is 4.30. The number of benzene rings is 1. The molecule has 1 aliphatic rings. The van der Waals surface area contributed by atoms with Crippen molar-refractivity contribution >= 4 is 17.6 Å². The van der Waals surface area contributed by atoms with E-state index in [1.54, 1.807) is 6.92 Å². The number of fused-ring (bicyclic) bond motifs is 1. The van der Waals surface area contributed by atoms with E-state index in [4.69, 9.17) is 0 Å². The van der Waals surface area contributed by atoms with Gasteiger partial charge >= 0.3 is 12.3 Å². The van der Waals surface area contributed by atoms with Crippen LogP contribution in [0.2, 0.25) is 0 Å². The van der Waals surface area contributed by atoms with Crippen molar-refractivity contribution in [1.82, 2.24) is 0 Å². The van der Waals surface area contributed by atoms with Gasteiger partial charge in [-0.1, -0.05) is 11.6 Å². The number of aryl methyl sites for hydroxylation is 1. The van der Waals surface area contributed by atoms with Gasteiger partial charge in [-0.3, -0.25) is 10.1 Å². The number of hydrogen-bond donors (Lipinski definition) is 1. The van der Waals surface area contributed by atoms with Gasteiger partial charge in [-0.25, -0.2) is 4.79 Å². The van der Waals surface area contributed by atoms with E-state index >= 15 is 0 Å². The number of nitrogens with one attached hydrogen (secondary N) is 1. The number of hydrogen-bond acceptors (Lipinski definition) is 3. The quantitative estimate of drug-likeness (QED) is 0.856. The van der Waals surface area contributed by atoms with Crippen LogP contribution in [0.4, 0.5) is 23.7 Å². The first-order valence-electron chi connectivity index (χ1n) is 5.37. The number of halogens is 3. The number of ether oxygens (including phenoxy) is 1. The number of cyclic esters (lactones) is 1. The van der Waals surface area contributed by atoms with Crippen LogP contribution in [0.3, 0.4) is 0 Å². The predicted octanol–water partition coefficient (Wildman–Crippen LogP) is 2.90. The largest absolute Gasteiger partial charge is 0.440 e. The molecule has 1 aromatic carbocycles. The summed E-state index contributed by atoms with van der Waals surface area (Å²) in [5, 5.41) is 2.16. The van der Waals surface area contributed by atoms with Gasteiger partial charge in [0.15, 0.2) is 5.78 Å². The van der Waals surface area contributed by atoms with E-state index in [9.17, 15) is 22.8 Å². The molecule has 1 aromatic rings. The van der Waals surface area contributed by atoms with E-state index in [2.05, 4.69) is 10.1 Å². The van der Waals surface area contributed by atoms with Crippen LogP contribution < -0.4 is 5.32 Å². The van der Waals surface area contributed by atoms with Gasteiger partial charge in [0.25, 0.3) is 5.60 Å². The third kappa shape index (κ3) is 1.85. The molecule has 19 heavy (non-hydrogen) atoms. The van der Waals surface area contributed by atoms with Gasteiger partial charge in [-0.2, -0.15) is 13.2 Å². The maximum Gasteiger partial charge on any atom is 0.440 e. The minimum atomic E-state index is -5.03. The number of alkyl halides is 3. The molecular formula is C12H10F3NO3. The van der Waals surface area contributed by atoms with Crippen molar-refractivity contribution in [2.75, 3.05) is 5.32 Å². The Morgan fingerprint density at radius 1 is 1.37 bits per heavy atom. The summed E-state index contributed by atoms with van der Waals surface area (Å²) in [4.78, 5) is 22.9. The van der Waals surface area contributed by atoms with E-state index in [0.29, 0.717) is 5.56 Å². The molecule has 0 aromatic heterocycles. The monoisotopic (exact) mass is 273 g/mol. The molecule has 0 aliphatic carbocycles. The molecule has 0 spiro atoms. The van der Waals surface area contributed by atoms with Crippen LogP contribution in [0.15, 0.2) is 18.2 Å². The van der Waals surface area contributed by atoms with Crippen molar-refractivity contribution < 1.29 is 27.5 Å². The molecule has 102 valence electrons. The minimum absolute atomic E-state index is 0.0747. The molecule has 1 atom stereocenters. The Hall–Kier alpha value is -2.05. The van der Waals surface area contributed by atoms with Crippen LogP contribution in [-0.2, 0) is 15.1 Å². The third-order valence-corrected chi connectivity index (χ3v) is 2.93. The lowest BCUT2D eigenvalue weighted by Gasteiger charge is -2.37. The van der Waals surface area contributed by atoms with Crippen LogP contribution in [0.5, 0.6) is 0 Å². The van der Waals surface area contributed by atoms with Crippen molar-refractivity contribution in [3.63, 3.8) is 0 Å². The first-order chi connectivity index (χ1) is 8.68. The van der Waals surface area contributed by atoms with E-state index in [-0.39, 0.29) is 5.69 Å². The van der Waals surface area contributed by atoms with Gasteiger partial charge in [0.05, 0.1) is 5.69 Å². The van der Waals surface area contributed by atoms with Gasteiger partial charge in [-0.15, -0.1) is 0 Å². The molecule has 1 N–H and O–H groups in total. The predicted molar refractivity (Wildman–Crippen MR) is 59.7 cm³/mol. The number of amides is 1. The molecule has 0 unspecified atom stereocenters. The molecule has 0 saturated heterocycles. The molecule has 2 rings (SSSR count). The summed E-state index contributed by atoms with van der Waals surface area (Å²) in [5.74, 6) is -1.29. The Balaban J connectivity index is 2.79. The topological polar surface area (TPSA) is 55.4 Å².